The fourth-order valence-electron chi connectivity index (χ4n) is 15.9. The van der Waals surface area contributed by atoms with Gasteiger partial charge in [0, 0.05) is 5.54 Å². The number of alkyl carbamates (subject to hydrolysis) is 2. The third kappa shape index (κ3) is 6.08. The maximum atomic E-state index is 14.7. The SMILES string of the molecule is COC(=O)N[C@H](C(=O)N1C(c2nc3ccc(C4=C(C5=C(c6ccc7nc([C@@H]8C[C@@H]9CCCC%10C%11C(C)[C@H](NC(=O)OC)C(=O)N8C%10%119)[nH]c7c6)CC=C5)C=CC4)cc3[nH]2)C[C@@H]2CCC[C@@H]3CC321)C(C)C. The number of benzene rings is 2. The Balaban J connectivity index is 0.803. The third-order valence-electron chi connectivity index (χ3n) is 18.8. The van der Waals surface area contributed by atoms with E-state index in [1.54, 1.807) is 0 Å². The molecule has 5 heterocycles. The molecule has 358 valence electrons. The topological polar surface area (TPSA) is 175 Å². The zero-order valence-corrected chi connectivity index (χ0v) is 40.1. The fraction of sp³-hybridized carbons (Fsp3) is 0.527. The molecule has 4 saturated carbocycles. The minimum absolute atomic E-state index is 0.0121. The summed E-state index contributed by atoms with van der Waals surface area (Å²) in [7, 11) is 2.69. The fourth-order valence-corrected chi connectivity index (χ4v) is 15.9. The number of carbonyl (C=O) groups is 4. The van der Waals surface area contributed by atoms with E-state index in [1.165, 1.54) is 49.4 Å². The van der Waals surface area contributed by atoms with Crippen LogP contribution in [0.5, 0.6) is 0 Å². The maximum Gasteiger partial charge on any atom is 0.407 e. The summed E-state index contributed by atoms with van der Waals surface area (Å²) in [5.74, 6) is 3.68. The van der Waals surface area contributed by atoms with Crippen molar-refractivity contribution < 1.29 is 28.7 Å². The summed E-state index contributed by atoms with van der Waals surface area (Å²) in [4.78, 5) is 76.2. The number of likely N-dealkylation sites (tertiary alicyclic amines) is 1. The molecule has 0 bridgehead atoms. The van der Waals surface area contributed by atoms with Crippen LogP contribution in [0, 0.1) is 41.4 Å². The van der Waals surface area contributed by atoms with E-state index in [-0.39, 0.29) is 46.8 Å². The smallest absolute Gasteiger partial charge is 0.407 e. The molecule has 7 fully saturated rings. The van der Waals surface area contributed by atoms with Crippen LogP contribution in [-0.4, -0.2) is 91.1 Å². The molecule has 6 unspecified atom stereocenters. The van der Waals surface area contributed by atoms with Crippen molar-refractivity contribution in [2.24, 2.45) is 41.4 Å². The summed E-state index contributed by atoms with van der Waals surface area (Å²) in [5, 5.41) is 5.77. The van der Waals surface area contributed by atoms with Crippen LogP contribution in [0.4, 0.5) is 9.59 Å². The molecule has 2 spiro atoms. The molecule has 14 heteroatoms. The highest BCUT2D eigenvalue weighted by Crippen LogP contribution is 2.75. The molecule has 2 aromatic carbocycles. The molecule has 12 atom stereocenters. The molecule has 9 aliphatic rings. The molecule has 4 aromatic rings. The summed E-state index contributed by atoms with van der Waals surface area (Å²) in [6.45, 7) is 6.08. The predicted molar refractivity (Wildman–Crippen MR) is 260 cm³/mol. The van der Waals surface area contributed by atoms with Crippen LogP contribution in [0.15, 0.2) is 71.8 Å². The van der Waals surface area contributed by atoms with Crippen molar-refractivity contribution in [3.63, 3.8) is 0 Å². The number of imidazole rings is 2. The van der Waals surface area contributed by atoms with Crippen LogP contribution >= 0.6 is 0 Å². The number of nitrogens with one attached hydrogen (secondary N) is 4. The highest BCUT2D eigenvalue weighted by Gasteiger charge is 2.81. The van der Waals surface area contributed by atoms with Crippen molar-refractivity contribution in [3.05, 3.63) is 94.6 Å². The van der Waals surface area contributed by atoms with Gasteiger partial charge in [-0.15, -0.1) is 0 Å². The predicted octanol–water partition coefficient (Wildman–Crippen LogP) is 9.21. The Morgan fingerprint density at radius 1 is 0.783 bits per heavy atom. The van der Waals surface area contributed by atoms with Crippen molar-refractivity contribution >= 4 is 57.2 Å². The second-order valence-electron chi connectivity index (χ2n) is 22.1. The number of carbonyl (C=O) groups excluding carboxylic acids is 4. The van der Waals surface area contributed by atoms with Gasteiger partial charge in [-0.2, -0.15) is 0 Å². The van der Waals surface area contributed by atoms with Gasteiger partial charge in [-0.1, -0.05) is 70.0 Å². The highest BCUT2D eigenvalue weighted by atomic mass is 16.5. The number of amides is 4. The Labute approximate surface area is 401 Å². The number of hydrogen-bond donors (Lipinski definition) is 4. The van der Waals surface area contributed by atoms with Crippen molar-refractivity contribution in [1.29, 1.82) is 0 Å². The van der Waals surface area contributed by atoms with Crippen molar-refractivity contribution in [1.82, 2.24) is 40.4 Å². The van der Waals surface area contributed by atoms with Gasteiger partial charge < -0.3 is 39.9 Å². The van der Waals surface area contributed by atoms with Gasteiger partial charge in [0.05, 0.1) is 53.9 Å². The van der Waals surface area contributed by atoms with Crippen LogP contribution < -0.4 is 10.6 Å². The van der Waals surface area contributed by atoms with E-state index >= 15 is 0 Å². The minimum Gasteiger partial charge on any atom is -0.453 e. The Morgan fingerprint density at radius 2 is 1.38 bits per heavy atom. The number of piperidine rings is 1. The number of aromatic nitrogens is 4. The van der Waals surface area contributed by atoms with Crippen molar-refractivity contribution in [2.45, 2.75) is 127 Å². The maximum absolute atomic E-state index is 14.7. The standard InChI is InChI=1S/C55H62N8O6/c1-27(2)46(60-52(66)68-4)50(64)62-43(24-31-10-6-12-33-26-54(31,33)62)48-56-39-20-18-29(22-41(39)58-48)34-13-8-15-36(34)37-16-9-14-35(37)30-19-21-40-42(23-30)59-49(57-40)44-25-32-11-7-17-38-45-28(3)47(61-53(67)69-5)51(65)63(44)55(32,38)45/h8-9,15-16,18-23,27-28,31-33,38,43-47H,6-7,10-14,17,24-26H2,1-5H3,(H,56,58)(H,57,59)(H,60,66)(H,61,67)/t28?,31-,32-,33+,38?,43?,44-,45?,46-,47-,54?,55?/m0/s1. The lowest BCUT2D eigenvalue weighted by Gasteiger charge is -2.43. The Morgan fingerprint density at radius 3 is 2.01 bits per heavy atom. The first-order chi connectivity index (χ1) is 33.5. The number of aromatic amines is 2. The van der Waals surface area contributed by atoms with Gasteiger partial charge in [-0.05, 0) is 157 Å². The van der Waals surface area contributed by atoms with E-state index in [0.29, 0.717) is 29.6 Å². The van der Waals surface area contributed by atoms with Gasteiger partial charge in [-0.25, -0.2) is 19.6 Å². The molecule has 2 aromatic heterocycles. The first kappa shape index (κ1) is 42.9. The lowest BCUT2D eigenvalue weighted by molar-refractivity contribution is -0.144. The quantitative estimate of drug-likeness (QED) is 0.129. The summed E-state index contributed by atoms with van der Waals surface area (Å²) in [6.07, 6.45) is 19.1. The lowest BCUT2D eigenvalue weighted by atomic mass is 9.80. The number of fused-ring (bicyclic) bond motifs is 3. The first-order valence-electron chi connectivity index (χ1n) is 25.6. The van der Waals surface area contributed by atoms with Crippen LogP contribution in [0.2, 0.25) is 0 Å². The number of rotatable bonds is 9. The second-order valence-corrected chi connectivity index (χ2v) is 22.1. The third-order valence-corrected chi connectivity index (χ3v) is 18.8. The molecular weight excluding hydrogens is 869 g/mol. The molecular formula is C55H62N8O6. The molecule has 4 amide bonds. The molecule has 13 rings (SSSR count). The number of allylic oxidation sites excluding steroid dienone is 8. The van der Waals surface area contributed by atoms with E-state index in [0.717, 1.165) is 103 Å². The summed E-state index contributed by atoms with van der Waals surface area (Å²) in [6, 6.07) is 11.3. The Hall–Kier alpha value is -6.18. The zero-order chi connectivity index (χ0) is 47.2. The van der Waals surface area contributed by atoms with E-state index in [9.17, 15) is 19.2 Å². The molecule has 69 heavy (non-hydrogen) atoms. The van der Waals surface area contributed by atoms with Gasteiger partial charge in [0.25, 0.3) is 0 Å². The van der Waals surface area contributed by atoms with Gasteiger partial charge in [0.2, 0.25) is 11.8 Å². The van der Waals surface area contributed by atoms with Crippen LogP contribution in [-0.2, 0) is 19.1 Å². The largest absolute Gasteiger partial charge is 0.453 e. The van der Waals surface area contributed by atoms with E-state index in [1.807, 2.05) is 13.8 Å². The number of nitrogens with zero attached hydrogens (tertiary/aromatic N) is 4. The molecule has 3 saturated heterocycles. The number of methoxy groups -OCH3 is 2. The van der Waals surface area contributed by atoms with Gasteiger partial charge in [-0.3, -0.25) is 9.59 Å². The average molecular weight is 931 g/mol. The van der Waals surface area contributed by atoms with Crippen LogP contribution in [0.25, 0.3) is 33.2 Å². The van der Waals surface area contributed by atoms with Crippen molar-refractivity contribution in [3.8, 4) is 0 Å². The van der Waals surface area contributed by atoms with Crippen LogP contribution in [0.1, 0.15) is 126 Å². The molecule has 6 aliphatic carbocycles. The number of hydrogen-bond acceptors (Lipinski definition) is 8. The summed E-state index contributed by atoms with van der Waals surface area (Å²) >= 11 is 0. The van der Waals surface area contributed by atoms with E-state index < -0.39 is 24.3 Å². The molecule has 3 aliphatic heterocycles. The van der Waals surface area contributed by atoms with Gasteiger partial charge in [0.1, 0.15) is 23.7 Å². The minimum atomic E-state index is -0.691. The highest BCUT2D eigenvalue weighted by molar-refractivity contribution is 5.93. The van der Waals surface area contributed by atoms with Gasteiger partial charge in [0.15, 0.2) is 0 Å². The Bertz CT molecular complexity index is 3010. The van der Waals surface area contributed by atoms with Crippen LogP contribution in [0.3, 0.4) is 0 Å². The monoisotopic (exact) mass is 930 g/mol. The molecule has 14 nitrogen and oxygen atoms in total. The second kappa shape index (κ2) is 15.4. The average Bonchev–Trinajstić information content (AvgIpc) is 3.79. The van der Waals surface area contributed by atoms with Crippen molar-refractivity contribution in [2.75, 3.05) is 14.2 Å². The molecule has 4 N–H and O–H groups in total. The van der Waals surface area contributed by atoms with Gasteiger partial charge >= 0.3 is 12.2 Å². The van der Waals surface area contributed by atoms with E-state index in [2.05, 4.69) is 98.0 Å². The first-order valence-corrected chi connectivity index (χ1v) is 25.6. The summed E-state index contributed by atoms with van der Waals surface area (Å²) in [5.41, 5.74) is 10.6. The number of H-pyrrole nitrogens is 2. The normalized spacial score (nSPS) is 34.1. The molecule has 0 radical (unpaired) electrons. The lowest BCUT2D eigenvalue weighted by Crippen LogP contribution is -2.60. The zero-order valence-electron chi connectivity index (χ0n) is 40.1. The van der Waals surface area contributed by atoms with E-state index in [4.69, 9.17) is 19.4 Å². The number of ether oxygens (including phenoxy) is 2. The summed E-state index contributed by atoms with van der Waals surface area (Å²) < 4.78 is 9.92. The Kier molecular flexibility index (Phi) is 9.58.